The van der Waals surface area contributed by atoms with Crippen LogP contribution >= 0.6 is 11.6 Å². The van der Waals surface area contributed by atoms with E-state index in [9.17, 15) is 0 Å². The number of rotatable bonds is 0. The van der Waals surface area contributed by atoms with Gasteiger partial charge in [-0.25, -0.2) is 0 Å². The zero-order valence-corrected chi connectivity index (χ0v) is 10.2. The molecule has 0 bridgehead atoms. The highest BCUT2D eigenvalue weighted by Gasteiger charge is 2.28. The minimum atomic E-state index is 0.423. The van der Waals surface area contributed by atoms with Crippen LogP contribution in [0.4, 0.5) is 0 Å². The lowest BCUT2D eigenvalue weighted by Crippen LogP contribution is -2.39. The average molecular weight is 245 g/mol. The van der Waals surface area contributed by atoms with Crippen molar-refractivity contribution in [3.63, 3.8) is 0 Å². The standard InChI is InChI=1S/C14H13ClN2/c15-11-4-3-9-5-7-17-8-12-10(2-1-6-16-12)13(11)14(9)17/h2-5,7,12,16H,1,6,8H2. The highest BCUT2D eigenvalue weighted by atomic mass is 35.5. The smallest absolute Gasteiger partial charge is 0.0572 e. The van der Waals surface area contributed by atoms with Gasteiger partial charge in [0.05, 0.1) is 16.6 Å². The second-order valence-electron chi connectivity index (χ2n) is 4.78. The number of nitrogens with one attached hydrogen (secondary N) is 1. The van der Waals surface area contributed by atoms with Crippen LogP contribution in [0, 0.1) is 0 Å². The summed E-state index contributed by atoms with van der Waals surface area (Å²) in [6.07, 6.45) is 5.61. The summed E-state index contributed by atoms with van der Waals surface area (Å²) >= 11 is 6.40. The molecular weight excluding hydrogens is 232 g/mol. The van der Waals surface area contributed by atoms with Crippen molar-refractivity contribution in [2.24, 2.45) is 0 Å². The Morgan fingerprint density at radius 3 is 3.18 bits per heavy atom. The molecule has 17 heavy (non-hydrogen) atoms. The van der Waals surface area contributed by atoms with Gasteiger partial charge in [0.2, 0.25) is 0 Å². The molecule has 2 aliphatic heterocycles. The van der Waals surface area contributed by atoms with Crippen LogP contribution < -0.4 is 5.32 Å². The molecule has 0 saturated carbocycles. The lowest BCUT2D eigenvalue weighted by Gasteiger charge is -2.32. The van der Waals surface area contributed by atoms with Crippen LogP contribution in [0.15, 0.2) is 30.5 Å². The third kappa shape index (κ3) is 1.25. The summed E-state index contributed by atoms with van der Waals surface area (Å²) in [7, 11) is 0. The van der Waals surface area contributed by atoms with Gasteiger partial charge in [-0.1, -0.05) is 23.7 Å². The molecule has 0 aliphatic carbocycles. The average Bonchev–Trinajstić information content (AvgIpc) is 2.76. The van der Waals surface area contributed by atoms with Crippen molar-refractivity contribution >= 4 is 28.1 Å². The van der Waals surface area contributed by atoms with Crippen LogP contribution in [0.3, 0.4) is 0 Å². The lowest BCUT2D eigenvalue weighted by molar-refractivity contribution is 0.516. The Labute approximate surface area is 105 Å². The van der Waals surface area contributed by atoms with E-state index in [-0.39, 0.29) is 0 Å². The van der Waals surface area contributed by atoms with E-state index in [1.807, 2.05) is 6.07 Å². The van der Waals surface area contributed by atoms with E-state index < -0.39 is 0 Å². The van der Waals surface area contributed by atoms with E-state index >= 15 is 0 Å². The fourth-order valence-electron chi connectivity index (χ4n) is 3.07. The van der Waals surface area contributed by atoms with Gasteiger partial charge in [-0.15, -0.1) is 0 Å². The fraction of sp³-hybridized carbons (Fsp3) is 0.286. The molecule has 1 atom stereocenters. The van der Waals surface area contributed by atoms with Crippen molar-refractivity contribution in [2.75, 3.05) is 6.54 Å². The second-order valence-corrected chi connectivity index (χ2v) is 5.19. The summed E-state index contributed by atoms with van der Waals surface area (Å²) in [5.41, 5.74) is 3.92. The minimum absolute atomic E-state index is 0.423. The molecule has 2 aliphatic rings. The molecule has 86 valence electrons. The summed E-state index contributed by atoms with van der Waals surface area (Å²) < 4.78 is 2.32. The molecule has 2 aromatic rings. The first-order chi connectivity index (χ1) is 8.34. The van der Waals surface area contributed by atoms with Crippen LogP contribution in [0.1, 0.15) is 12.0 Å². The number of halogens is 1. The molecule has 1 unspecified atom stereocenters. The number of benzene rings is 1. The molecule has 3 heteroatoms. The fourth-order valence-corrected chi connectivity index (χ4v) is 3.33. The first-order valence-corrected chi connectivity index (χ1v) is 6.43. The van der Waals surface area contributed by atoms with Crippen molar-refractivity contribution in [1.82, 2.24) is 9.88 Å². The van der Waals surface area contributed by atoms with E-state index in [1.165, 1.54) is 22.0 Å². The predicted molar refractivity (Wildman–Crippen MR) is 71.3 cm³/mol. The van der Waals surface area contributed by atoms with Gasteiger partial charge >= 0.3 is 0 Å². The van der Waals surface area contributed by atoms with Gasteiger partial charge in [0.15, 0.2) is 0 Å². The van der Waals surface area contributed by atoms with Gasteiger partial charge in [0, 0.05) is 23.7 Å². The van der Waals surface area contributed by atoms with Crippen LogP contribution in [0.25, 0.3) is 16.5 Å². The maximum Gasteiger partial charge on any atom is 0.0572 e. The predicted octanol–water partition coefficient (Wildman–Crippen LogP) is 3.05. The summed E-state index contributed by atoms with van der Waals surface area (Å²) in [6.45, 7) is 2.08. The molecule has 3 heterocycles. The van der Waals surface area contributed by atoms with Crippen molar-refractivity contribution in [3.8, 4) is 0 Å². The Morgan fingerprint density at radius 1 is 1.29 bits per heavy atom. The normalized spacial score (nSPS) is 22.4. The molecule has 0 amide bonds. The summed E-state index contributed by atoms with van der Waals surface area (Å²) in [4.78, 5) is 0. The van der Waals surface area contributed by atoms with Gasteiger partial charge < -0.3 is 9.88 Å². The van der Waals surface area contributed by atoms with E-state index in [0.29, 0.717) is 6.04 Å². The van der Waals surface area contributed by atoms with Crippen molar-refractivity contribution in [1.29, 1.82) is 0 Å². The van der Waals surface area contributed by atoms with Gasteiger partial charge in [0.1, 0.15) is 0 Å². The number of fused-ring (bicyclic) bond motifs is 2. The second kappa shape index (κ2) is 3.37. The Kier molecular flexibility index (Phi) is 1.93. The summed E-state index contributed by atoms with van der Waals surface area (Å²) in [5.74, 6) is 0. The van der Waals surface area contributed by atoms with E-state index in [1.54, 1.807) is 0 Å². The van der Waals surface area contributed by atoms with Crippen molar-refractivity contribution in [3.05, 3.63) is 41.1 Å². The minimum Gasteiger partial charge on any atom is -0.345 e. The lowest BCUT2D eigenvalue weighted by atomic mass is 9.90. The Hall–Kier alpha value is -1.25. The third-order valence-corrected chi connectivity index (χ3v) is 4.14. The maximum absolute atomic E-state index is 6.40. The first kappa shape index (κ1) is 9.75. The van der Waals surface area contributed by atoms with Crippen LogP contribution in [-0.4, -0.2) is 17.2 Å². The maximum atomic E-state index is 6.40. The van der Waals surface area contributed by atoms with Crippen LogP contribution in [0.5, 0.6) is 0 Å². The highest BCUT2D eigenvalue weighted by Crippen LogP contribution is 2.39. The molecule has 0 saturated heterocycles. The van der Waals surface area contributed by atoms with E-state index in [2.05, 4.69) is 34.3 Å². The van der Waals surface area contributed by atoms with Crippen molar-refractivity contribution in [2.45, 2.75) is 19.0 Å². The largest absolute Gasteiger partial charge is 0.345 e. The molecule has 1 N–H and O–H groups in total. The number of aromatic nitrogens is 1. The Bertz CT molecular complexity index is 639. The molecule has 1 aromatic heterocycles. The quantitative estimate of drug-likeness (QED) is 0.754. The zero-order valence-electron chi connectivity index (χ0n) is 9.41. The van der Waals surface area contributed by atoms with Gasteiger partial charge in [0.25, 0.3) is 0 Å². The highest BCUT2D eigenvalue weighted by molar-refractivity contribution is 6.33. The zero-order chi connectivity index (χ0) is 11.4. The molecule has 2 nitrogen and oxygen atoms in total. The Morgan fingerprint density at radius 2 is 2.24 bits per heavy atom. The Balaban J connectivity index is 2.12. The molecule has 1 aromatic carbocycles. The number of hydrogen-bond donors (Lipinski definition) is 1. The van der Waals surface area contributed by atoms with Gasteiger partial charge in [-0.3, -0.25) is 0 Å². The molecule has 0 spiro atoms. The topological polar surface area (TPSA) is 17.0 Å². The molecule has 0 radical (unpaired) electrons. The first-order valence-electron chi connectivity index (χ1n) is 6.06. The van der Waals surface area contributed by atoms with Crippen LogP contribution in [-0.2, 0) is 6.54 Å². The van der Waals surface area contributed by atoms with E-state index in [0.717, 1.165) is 24.5 Å². The summed E-state index contributed by atoms with van der Waals surface area (Å²) in [5, 5.41) is 5.73. The number of nitrogens with zero attached hydrogens (tertiary/aromatic N) is 1. The molecular formula is C14H13ClN2. The van der Waals surface area contributed by atoms with Crippen molar-refractivity contribution < 1.29 is 0 Å². The number of hydrogen-bond acceptors (Lipinski definition) is 1. The molecule has 0 fully saturated rings. The third-order valence-electron chi connectivity index (χ3n) is 3.82. The van der Waals surface area contributed by atoms with Crippen LogP contribution in [0.2, 0.25) is 5.02 Å². The van der Waals surface area contributed by atoms with Gasteiger partial charge in [-0.2, -0.15) is 0 Å². The SMILES string of the molecule is Clc1ccc2ccn3c2c1C1=CCCNC1C3. The summed E-state index contributed by atoms with van der Waals surface area (Å²) in [6, 6.07) is 6.72. The monoisotopic (exact) mass is 244 g/mol. The molecule has 4 rings (SSSR count). The van der Waals surface area contributed by atoms with E-state index in [4.69, 9.17) is 11.6 Å². The van der Waals surface area contributed by atoms with Gasteiger partial charge in [-0.05, 0) is 30.7 Å².